The van der Waals surface area contributed by atoms with Crippen molar-refractivity contribution in [1.82, 2.24) is 4.90 Å². The summed E-state index contributed by atoms with van der Waals surface area (Å²) in [7, 11) is 1.87. The van der Waals surface area contributed by atoms with Crippen LogP contribution in [0.5, 0.6) is 0 Å². The second kappa shape index (κ2) is 1.69. The Bertz CT molecular complexity index is 92.4. The van der Waals surface area contributed by atoms with Crippen molar-refractivity contribution in [3.05, 3.63) is 0 Å². The Labute approximate surface area is 48.5 Å². The molecule has 3 heteroatoms. The number of likely N-dealkylation sites (N-methyl/N-ethyl adjacent to an activating group) is 1. The molecule has 0 spiro atoms. The van der Waals surface area contributed by atoms with Crippen LogP contribution in [0.15, 0.2) is 0 Å². The highest BCUT2D eigenvalue weighted by Crippen LogP contribution is 2.14. The monoisotopic (exact) mass is 117 g/mol. The minimum absolute atomic E-state index is 0.382. The molecule has 1 aliphatic heterocycles. The van der Waals surface area contributed by atoms with E-state index in [9.17, 15) is 0 Å². The van der Waals surface area contributed by atoms with Crippen molar-refractivity contribution in [3.8, 4) is 0 Å². The van der Waals surface area contributed by atoms with Crippen molar-refractivity contribution in [2.45, 2.75) is 12.2 Å². The molecule has 1 rings (SSSR count). The van der Waals surface area contributed by atoms with Gasteiger partial charge in [-0.3, -0.25) is 0 Å². The van der Waals surface area contributed by atoms with E-state index in [2.05, 4.69) is 0 Å². The van der Waals surface area contributed by atoms with Crippen LogP contribution in [-0.4, -0.2) is 41.0 Å². The van der Waals surface area contributed by atoms with Crippen molar-refractivity contribution >= 4 is 0 Å². The van der Waals surface area contributed by atoms with Crippen molar-refractivity contribution in [3.63, 3.8) is 0 Å². The second-order valence-corrected chi connectivity index (χ2v) is 2.47. The van der Waals surface area contributed by atoms with Crippen LogP contribution in [0.25, 0.3) is 0 Å². The number of nitrogens with zero attached hydrogens (tertiary/aromatic N) is 1. The molecule has 0 saturated carbocycles. The summed E-state index contributed by atoms with van der Waals surface area (Å²) in [6.07, 6.45) is 0.476. The minimum atomic E-state index is -1.41. The number of rotatable bonds is 0. The van der Waals surface area contributed by atoms with E-state index in [1.54, 1.807) is 0 Å². The Morgan fingerprint density at radius 1 is 1.50 bits per heavy atom. The average molecular weight is 117 g/mol. The summed E-state index contributed by atoms with van der Waals surface area (Å²) >= 11 is 0. The van der Waals surface area contributed by atoms with Gasteiger partial charge in [-0.15, -0.1) is 0 Å². The molecule has 0 radical (unpaired) electrons. The zero-order chi connectivity index (χ0) is 6.20. The van der Waals surface area contributed by atoms with Crippen LogP contribution < -0.4 is 0 Å². The van der Waals surface area contributed by atoms with Crippen LogP contribution in [-0.2, 0) is 0 Å². The number of β-amino-alcohol motifs (C(OH)–C–C–N with tert-alkyl or cyclic N) is 2. The summed E-state index contributed by atoms with van der Waals surface area (Å²) in [6, 6.07) is 0. The fourth-order valence-electron chi connectivity index (χ4n) is 0.960. The zero-order valence-electron chi connectivity index (χ0n) is 4.96. The van der Waals surface area contributed by atoms with E-state index >= 15 is 0 Å². The number of aliphatic hydroxyl groups is 2. The van der Waals surface area contributed by atoms with Gasteiger partial charge in [-0.1, -0.05) is 0 Å². The first kappa shape index (κ1) is 6.01. The molecule has 0 aromatic rings. The zero-order valence-corrected chi connectivity index (χ0v) is 4.96. The Kier molecular flexibility index (Phi) is 1.27. The third-order valence-electron chi connectivity index (χ3n) is 1.42. The van der Waals surface area contributed by atoms with Crippen LogP contribution in [0.1, 0.15) is 6.42 Å². The second-order valence-electron chi connectivity index (χ2n) is 2.47. The lowest BCUT2D eigenvalue weighted by Gasteiger charge is -2.12. The van der Waals surface area contributed by atoms with Gasteiger partial charge < -0.3 is 15.1 Å². The van der Waals surface area contributed by atoms with Crippen LogP contribution in [0.2, 0.25) is 0 Å². The highest BCUT2D eigenvalue weighted by atomic mass is 16.5. The van der Waals surface area contributed by atoms with E-state index < -0.39 is 5.79 Å². The van der Waals surface area contributed by atoms with E-state index in [1.165, 1.54) is 0 Å². The van der Waals surface area contributed by atoms with Crippen molar-refractivity contribution in [2.75, 3.05) is 20.1 Å². The SMILES string of the molecule is CN1CCC(O)(O)C1. The van der Waals surface area contributed by atoms with Crippen LogP contribution in [0.4, 0.5) is 0 Å². The highest BCUT2D eigenvalue weighted by molar-refractivity contribution is 4.77. The number of hydrogen-bond acceptors (Lipinski definition) is 3. The first-order valence-electron chi connectivity index (χ1n) is 2.73. The summed E-state index contributed by atoms with van der Waals surface area (Å²) in [5.41, 5.74) is 0. The van der Waals surface area contributed by atoms with Gasteiger partial charge >= 0.3 is 0 Å². The first-order valence-corrected chi connectivity index (χ1v) is 2.73. The molecule has 1 aliphatic rings. The highest BCUT2D eigenvalue weighted by Gasteiger charge is 2.30. The molecule has 0 aromatic carbocycles. The molecule has 0 aliphatic carbocycles. The van der Waals surface area contributed by atoms with E-state index in [4.69, 9.17) is 10.2 Å². The van der Waals surface area contributed by atoms with Gasteiger partial charge in [-0.25, -0.2) is 0 Å². The van der Waals surface area contributed by atoms with Crippen molar-refractivity contribution < 1.29 is 10.2 Å². The minimum Gasteiger partial charge on any atom is -0.365 e. The van der Waals surface area contributed by atoms with E-state index in [0.29, 0.717) is 13.0 Å². The molecule has 2 N–H and O–H groups in total. The molecule has 0 bridgehead atoms. The van der Waals surface area contributed by atoms with Gasteiger partial charge in [0, 0.05) is 13.0 Å². The van der Waals surface area contributed by atoms with Gasteiger partial charge in [0.2, 0.25) is 0 Å². The summed E-state index contributed by atoms with van der Waals surface area (Å²) < 4.78 is 0. The normalized spacial score (nSPS) is 28.9. The molecular weight excluding hydrogens is 106 g/mol. The summed E-state index contributed by atoms with van der Waals surface area (Å²) in [5, 5.41) is 17.8. The van der Waals surface area contributed by atoms with Crippen LogP contribution in [0.3, 0.4) is 0 Å². The van der Waals surface area contributed by atoms with Gasteiger partial charge in [-0.05, 0) is 7.05 Å². The fourth-order valence-corrected chi connectivity index (χ4v) is 0.960. The lowest BCUT2D eigenvalue weighted by Crippen LogP contribution is -2.30. The molecule has 0 unspecified atom stereocenters. The van der Waals surface area contributed by atoms with Gasteiger partial charge in [0.25, 0.3) is 0 Å². The topological polar surface area (TPSA) is 43.7 Å². The molecule has 1 heterocycles. The summed E-state index contributed by atoms with van der Waals surface area (Å²) in [5.74, 6) is -1.41. The third kappa shape index (κ3) is 1.18. The maximum atomic E-state index is 8.88. The molecule has 0 amide bonds. The summed E-state index contributed by atoms with van der Waals surface area (Å²) in [6.45, 7) is 1.17. The fraction of sp³-hybridized carbons (Fsp3) is 1.00. The Balaban J connectivity index is 2.44. The Hall–Kier alpha value is -0.120. The van der Waals surface area contributed by atoms with E-state index in [-0.39, 0.29) is 0 Å². The third-order valence-corrected chi connectivity index (χ3v) is 1.42. The predicted molar refractivity (Wildman–Crippen MR) is 29.3 cm³/mol. The van der Waals surface area contributed by atoms with Crippen molar-refractivity contribution in [2.24, 2.45) is 0 Å². The van der Waals surface area contributed by atoms with Gasteiger partial charge in [0.15, 0.2) is 5.79 Å². The Morgan fingerprint density at radius 3 is 2.25 bits per heavy atom. The molecule has 1 saturated heterocycles. The quantitative estimate of drug-likeness (QED) is 0.400. The van der Waals surface area contributed by atoms with Gasteiger partial charge in [0.1, 0.15) is 0 Å². The molecule has 48 valence electrons. The molecule has 3 nitrogen and oxygen atoms in total. The summed E-state index contributed by atoms with van der Waals surface area (Å²) in [4.78, 5) is 1.89. The Morgan fingerprint density at radius 2 is 2.12 bits per heavy atom. The molecule has 0 atom stereocenters. The van der Waals surface area contributed by atoms with Gasteiger partial charge in [-0.2, -0.15) is 0 Å². The van der Waals surface area contributed by atoms with Crippen molar-refractivity contribution in [1.29, 1.82) is 0 Å². The average Bonchev–Trinajstić information content (AvgIpc) is 1.82. The van der Waals surface area contributed by atoms with Gasteiger partial charge in [0.05, 0.1) is 6.54 Å². The van der Waals surface area contributed by atoms with Crippen LogP contribution >= 0.6 is 0 Å². The molecule has 0 aromatic heterocycles. The maximum absolute atomic E-state index is 8.88. The molecule has 8 heavy (non-hydrogen) atoms. The first-order chi connectivity index (χ1) is 3.60. The standard InChI is InChI=1S/C5H11NO2/c1-6-3-2-5(7,8)4-6/h7-8H,2-4H2,1H3. The maximum Gasteiger partial charge on any atom is 0.176 e. The van der Waals surface area contributed by atoms with Crippen LogP contribution in [0, 0.1) is 0 Å². The smallest absolute Gasteiger partial charge is 0.176 e. The predicted octanol–water partition coefficient (Wildman–Crippen LogP) is -0.997. The van der Waals surface area contributed by atoms with E-state index in [1.807, 2.05) is 11.9 Å². The molecular formula is C5H11NO2. The lowest BCUT2D eigenvalue weighted by molar-refractivity contribution is -0.146. The molecule has 1 fully saturated rings. The number of hydrogen-bond donors (Lipinski definition) is 2. The lowest BCUT2D eigenvalue weighted by atomic mass is 10.3. The van der Waals surface area contributed by atoms with E-state index in [0.717, 1.165) is 6.54 Å². The largest absolute Gasteiger partial charge is 0.365 e. The number of likely N-dealkylation sites (tertiary alicyclic amines) is 1.